The van der Waals surface area contributed by atoms with E-state index >= 15 is 0 Å². The normalized spacial score (nSPS) is 17.4. The topological polar surface area (TPSA) is 20.3 Å². The van der Waals surface area contributed by atoms with Crippen molar-refractivity contribution in [2.45, 2.75) is 38.3 Å². The molecule has 1 aromatic rings. The molecule has 5 heteroatoms. The minimum absolute atomic E-state index is 0.264. The van der Waals surface area contributed by atoms with Crippen LogP contribution in [0.15, 0.2) is 18.2 Å². The van der Waals surface area contributed by atoms with Gasteiger partial charge >= 0.3 is 6.18 Å². The van der Waals surface area contributed by atoms with Crippen LogP contribution in [0.4, 0.5) is 18.9 Å². The number of hydrogen-bond acceptors (Lipinski definition) is 2. The fourth-order valence-corrected chi connectivity index (χ4v) is 2.59. The molecule has 1 aromatic carbocycles. The summed E-state index contributed by atoms with van der Waals surface area (Å²) in [5, 5.41) is 0. The van der Waals surface area contributed by atoms with Crippen molar-refractivity contribution < 1.29 is 18.0 Å². The summed E-state index contributed by atoms with van der Waals surface area (Å²) in [6, 6.07) is 3.98. The molecule has 1 fully saturated rings. The number of carbonyl (C=O) groups excluding carboxylic acids is 1. The molecule has 0 bridgehead atoms. The van der Waals surface area contributed by atoms with Gasteiger partial charge in [-0.25, -0.2) is 0 Å². The first kappa shape index (κ1) is 14.9. The molecule has 0 amide bonds. The molecule has 0 saturated carbocycles. The van der Waals surface area contributed by atoms with E-state index in [0.717, 1.165) is 44.8 Å². The lowest BCUT2D eigenvalue weighted by molar-refractivity contribution is -0.137. The van der Waals surface area contributed by atoms with Crippen molar-refractivity contribution in [3.8, 4) is 0 Å². The maximum Gasteiger partial charge on any atom is 0.417 e. The smallest absolute Gasteiger partial charge is 0.372 e. The lowest BCUT2D eigenvalue weighted by Crippen LogP contribution is -2.27. The van der Waals surface area contributed by atoms with Gasteiger partial charge in [0.1, 0.15) is 0 Å². The first-order chi connectivity index (χ1) is 9.52. The predicted molar refractivity (Wildman–Crippen MR) is 72.1 cm³/mol. The van der Waals surface area contributed by atoms with Crippen molar-refractivity contribution in [1.29, 1.82) is 0 Å². The van der Waals surface area contributed by atoms with Gasteiger partial charge < -0.3 is 4.90 Å². The van der Waals surface area contributed by atoms with Gasteiger partial charge in [-0.05, 0) is 31.0 Å². The van der Waals surface area contributed by atoms with Gasteiger partial charge in [-0.15, -0.1) is 0 Å². The first-order valence-electron chi connectivity index (χ1n) is 6.94. The van der Waals surface area contributed by atoms with E-state index in [9.17, 15) is 18.0 Å². The van der Waals surface area contributed by atoms with Crippen LogP contribution in [-0.2, 0) is 6.18 Å². The van der Waals surface area contributed by atoms with Crippen molar-refractivity contribution in [3.05, 3.63) is 29.3 Å². The van der Waals surface area contributed by atoms with Gasteiger partial charge in [0.05, 0.1) is 5.56 Å². The molecule has 2 nitrogen and oxygen atoms in total. The van der Waals surface area contributed by atoms with Crippen molar-refractivity contribution in [3.63, 3.8) is 0 Å². The fourth-order valence-electron chi connectivity index (χ4n) is 2.59. The van der Waals surface area contributed by atoms with Crippen LogP contribution < -0.4 is 4.90 Å². The number of hydrogen-bond donors (Lipinski definition) is 0. The van der Waals surface area contributed by atoms with E-state index in [0.29, 0.717) is 5.69 Å². The SMILES string of the molecule is O=Cc1ccc(N2CCCCCCC2)cc1C(F)(F)F. The summed E-state index contributed by atoms with van der Waals surface area (Å²) in [6.45, 7) is 1.55. The van der Waals surface area contributed by atoms with Crippen LogP contribution >= 0.6 is 0 Å². The number of halogens is 3. The highest BCUT2D eigenvalue weighted by Gasteiger charge is 2.34. The van der Waals surface area contributed by atoms with Crippen molar-refractivity contribution in [2.24, 2.45) is 0 Å². The third kappa shape index (κ3) is 3.52. The Balaban J connectivity index is 2.29. The fraction of sp³-hybridized carbons (Fsp3) is 0.533. The molecular formula is C15H18F3NO. The highest BCUT2D eigenvalue weighted by Crippen LogP contribution is 2.34. The predicted octanol–water partition coefficient (Wildman–Crippen LogP) is 4.29. The maximum atomic E-state index is 13.0. The van der Waals surface area contributed by atoms with Gasteiger partial charge in [0.2, 0.25) is 0 Å². The third-order valence-electron chi connectivity index (χ3n) is 3.69. The van der Waals surface area contributed by atoms with Gasteiger partial charge in [-0.2, -0.15) is 13.2 Å². The van der Waals surface area contributed by atoms with Crippen LogP contribution in [0.5, 0.6) is 0 Å². The lowest BCUT2D eigenvalue weighted by atomic mass is 10.0. The van der Waals surface area contributed by atoms with Crippen molar-refractivity contribution >= 4 is 12.0 Å². The Kier molecular flexibility index (Phi) is 4.68. The monoisotopic (exact) mass is 285 g/mol. The van der Waals surface area contributed by atoms with E-state index in [1.165, 1.54) is 12.5 Å². The molecule has 1 aliphatic rings. The molecule has 0 radical (unpaired) electrons. The standard InChI is InChI=1S/C15H18F3NO/c16-15(17,18)14-10-13(7-6-12(14)11-20)19-8-4-2-1-3-5-9-19/h6-7,10-11H,1-5,8-9H2. The maximum absolute atomic E-state index is 13.0. The molecule has 0 atom stereocenters. The molecule has 0 aromatic heterocycles. The quantitative estimate of drug-likeness (QED) is 0.756. The average Bonchev–Trinajstić information content (AvgIpc) is 2.37. The van der Waals surface area contributed by atoms with Crippen LogP contribution in [0.3, 0.4) is 0 Å². The van der Waals surface area contributed by atoms with Gasteiger partial charge in [-0.1, -0.05) is 19.3 Å². The highest BCUT2D eigenvalue weighted by molar-refractivity contribution is 5.79. The molecule has 1 aliphatic heterocycles. The Morgan fingerprint density at radius 2 is 1.60 bits per heavy atom. The van der Waals surface area contributed by atoms with E-state index in [1.54, 1.807) is 6.07 Å². The Morgan fingerprint density at radius 3 is 2.15 bits per heavy atom. The molecule has 110 valence electrons. The number of alkyl halides is 3. The van der Waals surface area contributed by atoms with Crippen LogP contribution in [0.2, 0.25) is 0 Å². The molecule has 1 heterocycles. The summed E-state index contributed by atoms with van der Waals surface area (Å²) in [7, 11) is 0. The zero-order valence-electron chi connectivity index (χ0n) is 11.2. The highest BCUT2D eigenvalue weighted by atomic mass is 19.4. The Hall–Kier alpha value is -1.52. The van der Waals surface area contributed by atoms with Gasteiger partial charge in [0, 0.05) is 24.3 Å². The van der Waals surface area contributed by atoms with E-state index in [2.05, 4.69) is 0 Å². The molecule has 1 saturated heterocycles. The minimum Gasteiger partial charge on any atom is -0.372 e. The first-order valence-corrected chi connectivity index (χ1v) is 6.94. The molecule has 0 N–H and O–H groups in total. The average molecular weight is 285 g/mol. The van der Waals surface area contributed by atoms with E-state index < -0.39 is 11.7 Å². The second kappa shape index (κ2) is 6.29. The number of aldehydes is 1. The van der Waals surface area contributed by atoms with Crippen LogP contribution in [0.25, 0.3) is 0 Å². The number of rotatable bonds is 2. The van der Waals surface area contributed by atoms with Gasteiger partial charge in [0.25, 0.3) is 0 Å². The van der Waals surface area contributed by atoms with Crippen molar-refractivity contribution in [2.75, 3.05) is 18.0 Å². The molecule has 0 spiro atoms. The number of nitrogens with zero attached hydrogens (tertiary/aromatic N) is 1. The van der Waals surface area contributed by atoms with Crippen LogP contribution in [0.1, 0.15) is 48.0 Å². The second-order valence-corrected chi connectivity index (χ2v) is 5.14. The zero-order chi connectivity index (χ0) is 14.6. The summed E-state index contributed by atoms with van der Waals surface area (Å²) in [4.78, 5) is 12.7. The van der Waals surface area contributed by atoms with Gasteiger partial charge in [0.15, 0.2) is 6.29 Å². The van der Waals surface area contributed by atoms with Crippen molar-refractivity contribution in [1.82, 2.24) is 0 Å². The zero-order valence-corrected chi connectivity index (χ0v) is 11.2. The molecule has 0 unspecified atom stereocenters. The minimum atomic E-state index is -4.49. The molecule has 2 rings (SSSR count). The molecular weight excluding hydrogens is 267 g/mol. The molecule has 20 heavy (non-hydrogen) atoms. The van der Waals surface area contributed by atoms with E-state index in [4.69, 9.17) is 0 Å². The van der Waals surface area contributed by atoms with E-state index in [1.807, 2.05) is 4.90 Å². The summed E-state index contributed by atoms with van der Waals surface area (Å²) < 4.78 is 38.9. The summed E-state index contributed by atoms with van der Waals surface area (Å²) in [5.41, 5.74) is -0.579. The summed E-state index contributed by atoms with van der Waals surface area (Å²) in [5.74, 6) is 0. The number of anilines is 1. The van der Waals surface area contributed by atoms with Crippen LogP contribution in [-0.4, -0.2) is 19.4 Å². The third-order valence-corrected chi connectivity index (χ3v) is 3.69. The second-order valence-electron chi connectivity index (χ2n) is 5.14. The summed E-state index contributed by atoms with van der Waals surface area (Å²) >= 11 is 0. The van der Waals surface area contributed by atoms with Gasteiger partial charge in [-0.3, -0.25) is 4.79 Å². The molecule has 0 aliphatic carbocycles. The Bertz CT molecular complexity index is 463. The lowest BCUT2D eigenvalue weighted by Gasteiger charge is -2.27. The Labute approximate surface area is 116 Å². The number of carbonyl (C=O) groups is 1. The van der Waals surface area contributed by atoms with E-state index in [-0.39, 0.29) is 11.8 Å². The summed E-state index contributed by atoms with van der Waals surface area (Å²) in [6.07, 6.45) is 1.21. The largest absolute Gasteiger partial charge is 0.417 e. The van der Waals surface area contributed by atoms with Crippen LogP contribution in [0, 0.1) is 0 Å². The Morgan fingerprint density at radius 1 is 1.00 bits per heavy atom. The number of benzene rings is 1.